The minimum absolute atomic E-state index is 0.193. The van der Waals surface area contributed by atoms with Crippen LogP contribution >= 0.6 is 0 Å². The molecule has 112 valence electrons. The molecule has 0 saturated carbocycles. The van der Waals surface area contributed by atoms with Crippen LogP contribution in [0.4, 0.5) is 5.82 Å². The summed E-state index contributed by atoms with van der Waals surface area (Å²) in [7, 11) is 0. The Hall–Kier alpha value is -2.44. The first kappa shape index (κ1) is 15.0. The van der Waals surface area contributed by atoms with Crippen molar-refractivity contribution in [2.24, 2.45) is 5.73 Å². The third kappa shape index (κ3) is 3.56. The van der Waals surface area contributed by atoms with E-state index in [0.717, 1.165) is 24.6 Å². The van der Waals surface area contributed by atoms with Gasteiger partial charge in [-0.1, -0.05) is 20.8 Å². The standard InChI is InChI=1S/C14H20N6O/c1-4-6-16-11-8-12(18-14(17-11)9(2)3)20-7-5-10(19-20)13(15)21/h5,7-9H,4,6H2,1-3H3,(H2,15,21)(H,16,17,18). The van der Waals surface area contributed by atoms with Gasteiger partial charge in [0.05, 0.1) is 0 Å². The second-order valence-corrected chi connectivity index (χ2v) is 5.06. The lowest BCUT2D eigenvalue weighted by Crippen LogP contribution is -2.13. The number of anilines is 1. The Morgan fingerprint density at radius 3 is 2.76 bits per heavy atom. The molecule has 0 saturated heterocycles. The summed E-state index contributed by atoms with van der Waals surface area (Å²) >= 11 is 0. The number of nitrogens with two attached hydrogens (primary N) is 1. The smallest absolute Gasteiger partial charge is 0.269 e. The summed E-state index contributed by atoms with van der Waals surface area (Å²) in [6, 6.07) is 3.37. The highest BCUT2D eigenvalue weighted by atomic mass is 16.1. The Morgan fingerprint density at radius 1 is 1.43 bits per heavy atom. The van der Waals surface area contributed by atoms with Gasteiger partial charge in [-0.05, 0) is 12.5 Å². The number of carbonyl (C=O) groups is 1. The molecule has 0 bridgehead atoms. The van der Waals surface area contributed by atoms with Gasteiger partial charge in [0.15, 0.2) is 5.82 Å². The molecular weight excluding hydrogens is 268 g/mol. The molecule has 2 heterocycles. The van der Waals surface area contributed by atoms with Gasteiger partial charge in [-0.15, -0.1) is 0 Å². The fourth-order valence-electron chi connectivity index (χ4n) is 1.75. The fraction of sp³-hybridized carbons (Fsp3) is 0.429. The molecule has 2 rings (SSSR count). The van der Waals surface area contributed by atoms with E-state index in [1.807, 2.05) is 13.8 Å². The van der Waals surface area contributed by atoms with E-state index in [4.69, 9.17) is 5.73 Å². The van der Waals surface area contributed by atoms with E-state index in [-0.39, 0.29) is 11.6 Å². The normalized spacial score (nSPS) is 10.9. The number of primary amides is 1. The lowest BCUT2D eigenvalue weighted by Gasteiger charge is -2.11. The van der Waals surface area contributed by atoms with Gasteiger partial charge in [-0.3, -0.25) is 4.79 Å². The third-order valence-electron chi connectivity index (χ3n) is 2.88. The molecule has 0 aliphatic heterocycles. The lowest BCUT2D eigenvalue weighted by molar-refractivity contribution is 0.0995. The van der Waals surface area contributed by atoms with Gasteiger partial charge in [0.1, 0.15) is 17.3 Å². The fourth-order valence-corrected chi connectivity index (χ4v) is 1.75. The second-order valence-electron chi connectivity index (χ2n) is 5.06. The van der Waals surface area contributed by atoms with E-state index in [2.05, 4.69) is 27.3 Å². The minimum atomic E-state index is -0.559. The van der Waals surface area contributed by atoms with Crippen molar-refractivity contribution >= 4 is 11.7 Å². The molecule has 21 heavy (non-hydrogen) atoms. The molecule has 3 N–H and O–H groups in total. The number of nitrogens with zero attached hydrogens (tertiary/aromatic N) is 4. The summed E-state index contributed by atoms with van der Waals surface area (Å²) < 4.78 is 1.53. The van der Waals surface area contributed by atoms with Gasteiger partial charge in [0, 0.05) is 24.7 Å². The average Bonchev–Trinajstić information content (AvgIpc) is 2.94. The maximum Gasteiger partial charge on any atom is 0.269 e. The summed E-state index contributed by atoms with van der Waals surface area (Å²) in [4.78, 5) is 20.1. The zero-order valence-corrected chi connectivity index (χ0v) is 12.5. The first-order chi connectivity index (χ1) is 10.0. The molecule has 0 aromatic carbocycles. The van der Waals surface area contributed by atoms with Gasteiger partial charge >= 0.3 is 0 Å². The van der Waals surface area contributed by atoms with E-state index in [0.29, 0.717) is 5.82 Å². The molecule has 0 aliphatic carbocycles. The van der Waals surface area contributed by atoms with Gasteiger partial charge in [-0.25, -0.2) is 14.6 Å². The van der Waals surface area contributed by atoms with E-state index in [1.165, 1.54) is 4.68 Å². The average molecular weight is 288 g/mol. The summed E-state index contributed by atoms with van der Waals surface area (Å²) in [6.45, 7) is 6.98. The van der Waals surface area contributed by atoms with Gasteiger partial charge < -0.3 is 11.1 Å². The number of aromatic nitrogens is 4. The second kappa shape index (κ2) is 6.34. The van der Waals surface area contributed by atoms with Crippen LogP contribution in [-0.4, -0.2) is 32.2 Å². The molecule has 0 unspecified atom stereocenters. The van der Waals surface area contributed by atoms with Crippen molar-refractivity contribution in [2.75, 3.05) is 11.9 Å². The van der Waals surface area contributed by atoms with Gasteiger partial charge in [0.25, 0.3) is 5.91 Å². The van der Waals surface area contributed by atoms with Crippen molar-refractivity contribution in [3.63, 3.8) is 0 Å². The molecule has 0 atom stereocenters. The van der Waals surface area contributed by atoms with Crippen LogP contribution in [0.15, 0.2) is 18.3 Å². The Morgan fingerprint density at radius 2 is 2.19 bits per heavy atom. The third-order valence-corrected chi connectivity index (χ3v) is 2.88. The number of hydrogen-bond donors (Lipinski definition) is 2. The molecule has 7 heteroatoms. The monoisotopic (exact) mass is 288 g/mol. The van der Waals surface area contributed by atoms with Crippen LogP contribution in [0.25, 0.3) is 5.82 Å². The highest BCUT2D eigenvalue weighted by molar-refractivity contribution is 5.90. The van der Waals surface area contributed by atoms with Crippen LogP contribution in [0.5, 0.6) is 0 Å². The predicted molar refractivity (Wildman–Crippen MR) is 80.5 cm³/mol. The van der Waals surface area contributed by atoms with E-state index in [9.17, 15) is 4.79 Å². The van der Waals surface area contributed by atoms with Gasteiger partial charge in [-0.2, -0.15) is 5.10 Å². The Kier molecular flexibility index (Phi) is 4.52. The van der Waals surface area contributed by atoms with E-state index >= 15 is 0 Å². The molecule has 0 radical (unpaired) electrons. The number of nitrogens with one attached hydrogen (secondary N) is 1. The number of carbonyl (C=O) groups excluding carboxylic acids is 1. The van der Waals surface area contributed by atoms with Gasteiger partial charge in [0.2, 0.25) is 0 Å². The van der Waals surface area contributed by atoms with Crippen LogP contribution < -0.4 is 11.1 Å². The Bertz CT molecular complexity index is 634. The maximum absolute atomic E-state index is 11.1. The molecule has 0 aliphatic rings. The van der Waals surface area contributed by atoms with Crippen molar-refractivity contribution in [2.45, 2.75) is 33.1 Å². The van der Waals surface area contributed by atoms with Crippen molar-refractivity contribution in [1.29, 1.82) is 0 Å². The topological polar surface area (TPSA) is 98.7 Å². The Labute approximate surface area is 123 Å². The summed E-state index contributed by atoms with van der Waals surface area (Å²) in [5.74, 6) is 1.72. The summed E-state index contributed by atoms with van der Waals surface area (Å²) in [5, 5.41) is 7.37. The first-order valence-electron chi connectivity index (χ1n) is 7.00. The van der Waals surface area contributed by atoms with Crippen LogP contribution in [-0.2, 0) is 0 Å². The van der Waals surface area contributed by atoms with Crippen LogP contribution in [0.1, 0.15) is 49.4 Å². The summed E-state index contributed by atoms with van der Waals surface area (Å²) in [6.07, 6.45) is 2.67. The van der Waals surface area contributed by atoms with E-state index < -0.39 is 5.91 Å². The molecule has 1 amide bonds. The largest absolute Gasteiger partial charge is 0.370 e. The highest BCUT2D eigenvalue weighted by Gasteiger charge is 2.11. The van der Waals surface area contributed by atoms with Crippen molar-refractivity contribution in [3.8, 4) is 5.82 Å². The van der Waals surface area contributed by atoms with Crippen molar-refractivity contribution < 1.29 is 4.79 Å². The van der Waals surface area contributed by atoms with E-state index in [1.54, 1.807) is 18.3 Å². The molecule has 2 aromatic heterocycles. The zero-order valence-electron chi connectivity index (χ0n) is 12.5. The minimum Gasteiger partial charge on any atom is -0.370 e. The number of hydrogen-bond acceptors (Lipinski definition) is 5. The molecule has 0 spiro atoms. The quantitative estimate of drug-likeness (QED) is 0.843. The van der Waals surface area contributed by atoms with Crippen molar-refractivity contribution in [3.05, 3.63) is 29.8 Å². The van der Waals surface area contributed by atoms with Crippen LogP contribution in [0.3, 0.4) is 0 Å². The maximum atomic E-state index is 11.1. The molecule has 0 fully saturated rings. The highest BCUT2D eigenvalue weighted by Crippen LogP contribution is 2.16. The van der Waals surface area contributed by atoms with Crippen LogP contribution in [0, 0.1) is 0 Å². The van der Waals surface area contributed by atoms with Crippen molar-refractivity contribution in [1.82, 2.24) is 19.7 Å². The molecular formula is C14H20N6O. The number of rotatable bonds is 6. The first-order valence-corrected chi connectivity index (χ1v) is 7.00. The zero-order chi connectivity index (χ0) is 15.4. The SMILES string of the molecule is CCCNc1cc(-n2ccc(C(N)=O)n2)nc(C(C)C)n1. The molecule has 7 nitrogen and oxygen atoms in total. The summed E-state index contributed by atoms with van der Waals surface area (Å²) in [5.41, 5.74) is 5.43. The number of amides is 1. The lowest BCUT2D eigenvalue weighted by atomic mass is 10.2. The Balaban J connectivity index is 2.40. The molecule has 2 aromatic rings. The predicted octanol–water partition coefficient (Wildman–Crippen LogP) is 1.71. The van der Waals surface area contributed by atoms with Crippen LogP contribution in [0.2, 0.25) is 0 Å².